The number of anilines is 1. The van der Waals surface area contributed by atoms with Crippen molar-refractivity contribution < 1.29 is 15.0 Å². The number of carbonyl (C=O) groups is 1. The maximum absolute atomic E-state index is 12.0. The molecule has 38 heavy (non-hydrogen) atoms. The molecule has 4 N–H and O–H groups in total. The molecule has 1 unspecified atom stereocenters. The number of benzene rings is 3. The molecule has 0 saturated heterocycles. The fourth-order valence-electron chi connectivity index (χ4n) is 3.28. The Balaban J connectivity index is 0.000000650. The predicted octanol–water partition coefficient (Wildman–Crippen LogP) is 7.53. The van der Waals surface area contributed by atoms with Crippen LogP contribution >= 0.6 is 0 Å². The lowest BCUT2D eigenvalue weighted by Gasteiger charge is -2.28. The predicted molar refractivity (Wildman–Crippen MR) is 161 cm³/mol. The Morgan fingerprint density at radius 2 is 1.45 bits per heavy atom. The van der Waals surface area contributed by atoms with Crippen molar-refractivity contribution in [2.45, 2.75) is 60.3 Å². The van der Waals surface area contributed by atoms with Gasteiger partial charge in [-0.15, -0.1) is 6.42 Å². The summed E-state index contributed by atoms with van der Waals surface area (Å²) in [6, 6.07) is 23.9. The molecule has 0 spiro atoms. The molecular weight excluding hydrogens is 472 g/mol. The number of carbonyl (C=O) groups excluding carboxylic acids is 1. The third-order valence-electron chi connectivity index (χ3n) is 5.85. The van der Waals surface area contributed by atoms with Gasteiger partial charge in [0.15, 0.2) is 0 Å². The summed E-state index contributed by atoms with van der Waals surface area (Å²) < 4.78 is 0. The molecule has 1 amide bonds. The summed E-state index contributed by atoms with van der Waals surface area (Å²) in [4.78, 5) is 12.0. The third kappa shape index (κ3) is 16.1. The van der Waals surface area contributed by atoms with Gasteiger partial charge in [-0.25, -0.2) is 0 Å². The zero-order chi connectivity index (χ0) is 28.8. The number of amides is 1. The van der Waals surface area contributed by atoms with E-state index >= 15 is 0 Å². The van der Waals surface area contributed by atoms with Crippen molar-refractivity contribution >= 4 is 11.6 Å². The number of phenols is 2. The van der Waals surface area contributed by atoms with Crippen LogP contribution in [0.2, 0.25) is 0 Å². The molecule has 0 aliphatic carbocycles. The molecule has 0 aliphatic heterocycles. The lowest BCUT2D eigenvalue weighted by Crippen LogP contribution is -2.24. The fourth-order valence-corrected chi connectivity index (χ4v) is 3.28. The van der Waals surface area contributed by atoms with Crippen LogP contribution in [0.25, 0.3) is 0 Å². The third-order valence-corrected chi connectivity index (χ3v) is 5.85. The van der Waals surface area contributed by atoms with Gasteiger partial charge in [0.25, 0.3) is 0 Å². The van der Waals surface area contributed by atoms with Crippen molar-refractivity contribution in [1.29, 1.82) is 0 Å². The van der Waals surface area contributed by atoms with Gasteiger partial charge in [-0.1, -0.05) is 94.1 Å². The summed E-state index contributed by atoms with van der Waals surface area (Å²) in [7, 11) is 1.93. The first-order valence-corrected chi connectivity index (χ1v) is 13.2. The molecule has 0 bridgehead atoms. The van der Waals surface area contributed by atoms with E-state index in [1.165, 1.54) is 23.8 Å². The van der Waals surface area contributed by atoms with Crippen molar-refractivity contribution in [3.05, 3.63) is 90.0 Å². The molecule has 0 heterocycles. The highest BCUT2D eigenvalue weighted by molar-refractivity contribution is 5.91. The van der Waals surface area contributed by atoms with Gasteiger partial charge in [0.2, 0.25) is 5.91 Å². The minimum atomic E-state index is -0.107. The molecule has 0 saturated carbocycles. The van der Waals surface area contributed by atoms with E-state index in [1.54, 1.807) is 0 Å². The maximum Gasteiger partial charge on any atom is 0.224 e. The van der Waals surface area contributed by atoms with Gasteiger partial charge in [0, 0.05) is 35.9 Å². The minimum Gasteiger partial charge on any atom is -0.508 e. The molecule has 3 rings (SSSR count). The van der Waals surface area contributed by atoms with Crippen LogP contribution in [-0.4, -0.2) is 29.7 Å². The first-order chi connectivity index (χ1) is 18.2. The summed E-state index contributed by atoms with van der Waals surface area (Å²) >= 11 is 0. The molecule has 5 nitrogen and oxygen atoms in total. The summed E-state index contributed by atoms with van der Waals surface area (Å²) in [6.07, 6.45) is 8.38. The normalized spacial score (nSPS) is 11.0. The van der Waals surface area contributed by atoms with Crippen LogP contribution < -0.4 is 10.6 Å². The number of rotatable bonds is 8. The van der Waals surface area contributed by atoms with Crippen molar-refractivity contribution in [2.75, 3.05) is 18.9 Å². The smallest absolute Gasteiger partial charge is 0.224 e. The first kappa shape index (κ1) is 34.2. The van der Waals surface area contributed by atoms with Gasteiger partial charge in [0.1, 0.15) is 11.5 Å². The lowest BCUT2D eigenvalue weighted by atomic mass is 9.79. The second-order valence-corrected chi connectivity index (χ2v) is 8.97. The van der Waals surface area contributed by atoms with Crippen LogP contribution in [0.1, 0.15) is 64.5 Å². The van der Waals surface area contributed by atoms with E-state index in [-0.39, 0.29) is 22.8 Å². The number of hydrogen-bond donors (Lipinski definition) is 4. The van der Waals surface area contributed by atoms with Crippen LogP contribution in [0.5, 0.6) is 11.5 Å². The number of hydrogen-bond acceptors (Lipinski definition) is 4. The Morgan fingerprint density at radius 3 is 1.84 bits per heavy atom. The van der Waals surface area contributed by atoms with Crippen molar-refractivity contribution in [3.63, 3.8) is 0 Å². The van der Waals surface area contributed by atoms with Crippen LogP contribution in [0.3, 0.4) is 0 Å². The van der Waals surface area contributed by atoms with Gasteiger partial charge in [-0.3, -0.25) is 4.79 Å². The second-order valence-electron chi connectivity index (χ2n) is 8.97. The topological polar surface area (TPSA) is 81.6 Å². The van der Waals surface area contributed by atoms with E-state index in [0.717, 1.165) is 31.4 Å². The summed E-state index contributed by atoms with van der Waals surface area (Å²) in [5, 5.41) is 24.6. The molecule has 0 aliphatic rings. The largest absolute Gasteiger partial charge is 0.508 e. The Labute approximate surface area is 230 Å². The van der Waals surface area contributed by atoms with Gasteiger partial charge in [0.05, 0.1) is 0 Å². The quantitative estimate of drug-likeness (QED) is 0.232. The van der Waals surface area contributed by atoms with E-state index < -0.39 is 0 Å². The first-order valence-electron chi connectivity index (χ1n) is 13.2. The molecule has 3 aromatic carbocycles. The minimum absolute atomic E-state index is 0.0716. The highest BCUT2D eigenvalue weighted by Gasteiger charge is 2.22. The Morgan fingerprint density at radius 1 is 0.921 bits per heavy atom. The number of phenolic OH excluding ortho intramolecular Hbond substituents is 2. The van der Waals surface area contributed by atoms with E-state index in [0.29, 0.717) is 12.1 Å². The Bertz CT molecular complexity index is 1040. The van der Waals surface area contributed by atoms with E-state index in [2.05, 4.69) is 49.5 Å². The van der Waals surface area contributed by atoms with Crippen LogP contribution in [0.15, 0.2) is 78.9 Å². The Hall–Kier alpha value is -3.75. The number of aryl methyl sites for hydroxylation is 1. The average Bonchev–Trinajstić information content (AvgIpc) is 2.93. The molecule has 3 aromatic rings. The van der Waals surface area contributed by atoms with Gasteiger partial charge in [-0.2, -0.15) is 0 Å². The molecular formula is C33H46N2O3. The lowest BCUT2D eigenvalue weighted by molar-refractivity contribution is -0.116. The van der Waals surface area contributed by atoms with Gasteiger partial charge in [-0.05, 0) is 50.9 Å². The summed E-state index contributed by atoms with van der Waals surface area (Å²) in [6.45, 7) is 11.4. The molecule has 1 atom stereocenters. The maximum atomic E-state index is 12.0. The molecule has 0 fully saturated rings. The SMILES string of the molecule is C#Cc1ccccc1.CC.CCC(C)(CCNC)CCC(=O)Nc1cc(O)cc(O)c1.Cc1ccccc1. The summed E-state index contributed by atoms with van der Waals surface area (Å²) in [5.41, 5.74) is 2.81. The van der Waals surface area contributed by atoms with E-state index in [9.17, 15) is 15.0 Å². The molecule has 0 aromatic heterocycles. The van der Waals surface area contributed by atoms with Gasteiger partial charge < -0.3 is 20.8 Å². The van der Waals surface area contributed by atoms with Crippen molar-refractivity contribution in [2.24, 2.45) is 5.41 Å². The van der Waals surface area contributed by atoms with Crippen LogP contribution in [-0.2, 0) is 4.79 Å². The van der Waals surface area contributed by atoms with Crippen LogP contribution in [0, 0.1) is 24.7 Å². The Kier molecular flexibility index (Phi) is 18.3. The molecule has 206 valence electrons. The zero-order valence-electron chi connectivity index (χ0n) is 23.9. The highest BCUT2D eigenvalue weighted by atomic mass is 16.3. The number of nitrogens with one attached hydrogen (secondary N) is 2. The zero-order valence-corrected chi connectivity index (χ0v) is 23.9. The average molecular weight is 519 g/mol. The fraction of sp³-hybridized carbons (Fsp3) is 0.364. The number of terminal acetylenes is 1. The molecule has 5 heteroatoms. The monoisotopic (exact) mass is 518 g/mol. The summed E-state index contributed by atoms with van der Waals surface area (Å²) in [5.74, 6) is 2.28. The van der Waals surface area contributed by atoms with Crippen molar-refractivity contribution in [1.82, 2.24) is 5.32 Å². The van der Waals surface area contributed by atoms with Gasteiger partial charge >= 0.3 is 0 Å². The molecule has 0 radical (unpaired) electrons. The highest BCUT2D eigenvalue weighted by Crippen LogP contribution is 2.31. The second kappa shape index (κ2) is 20.3. The van der Waals surface area contributed by atoms with Crippen LogP contribution in [0.4, 0.5) is 5.69 Å². The van der Waals surface area contributed by atoms with E-state index in [1.807, 2.05) is 69.4 Å². The van der Waals surface area contributed by atoms with E-state index in [4.69, 9.17) is 6.42 Å². The van der Waals surface area contributed by atoms with Crippen molar-refractivity contribution in [3.8, 4) is 23.8 Å². The standard InChI is InChI=1S/C16H26N2O3.C8H6.C7H8.C2H6/c1-4-16(2,7-8-17-3)6-5-15(21)18-12-9-13(19)11-14(20)10-12;1-2-8-6-4-3-5-7-8;1-7-5-3-2-4-6-7;1-2/h9-11,17,19-20H,4-8H2,1-3H3,(H,18,21);1,3-7H;2-6H,1H3;1-2H3. The number of aromatic hydroxyl groups is 2.